The van der Waals surface area contributed by atoms with Crippen LogP contribution in [-0.2, 0) is 19.6 Å². The van der Waals surface area contributed by atoms with Crippen molar-refractivity contribution in [1.82, 2.24) is 0 Å². The summed E-state index contributed by atoms with van der Waals surface area (Å²) in [5.41, 5.74) is 1.33. The van der Waals surface area contributed by atoms with Crippen LogP contribution in [0.25, 0.3) is 0 Å². The predicted octanol–water partition coefficient (Wildman–Crippen LogP) is 3.03. The van der Waals surface area contributed by atoms with E-state index in [0.29, 0.717) is 22.0 Å². The van der Waals surface area contributed by atoms with Crippen LogP contribution < -0.4 is 10.0 Å². The van der Waals surface area contributed by atoms with Crippen molar-refractivity contribution < 1.29 is 17.9 Å². The van der Waals surface area contributed by atoms with Crippen LogP contribution in [0.2, 0.25) is 5.02 Å². The van der Waals surface area contributed by atoms with Gasteiger partial charge in [0.05, 0.1) is 4.90 Å². The molecule has 0 aliphatic carbocycles. The third-order valence-electron chi connectivity index (χ3n) is 3.13. The van der Waals surface area contributed by atoms with Crippen molar-refractivity contribution in [3.05, 3.63) is 53.1 Å². The largest absolute Gasteiger partial charge is 0.375 e. The number of halogens is 1. The fraction of sp³-hybridized carbons (Fsp3) is 0.188. The summed E-state index contributed by atoms with van der Waals surface area (Å²) in [6, 6.07) is 11.0. The van der Waals surface area contributed by atoms with Gasteiger partial charge in [0, 0.05) is 23.5 Å². The van der Waals surface area contributed by atoms with Crippen molar-refractivity contribution in [2.24, 2.45) is 0 Å². The second kappa shape index (κ2) is 7.65. The van der Waals surface area contributed by atoms with Crippen LogP contribution in [0.5, 0.6) is 0 Å². The Hall–Kier alpha value is -2.09. The van der Waals surface area contributed by atoms with Crippen molar-refractivity contribution in [3.8, 4) is 0 Å². The number of carbonyl (C=O) groups excluding carboxylic acids is 1. The highest BCUT2D eigenvalue weighted by Gasteiger charge is 2.18. The van der Waals surface area contributed by atoms with E-state index in [1.54, 1.807) is 43.3 Å². The zero-order valence-electron chi connectivity index (χ0n) is 13.2. The normalized spacial score (nSPS) is 11.1. The van der Waals surface area contributed by atoms with E-state index in [0.717, 1.165) is 0 Å². The molecule has 8 heteroatoms. The molecule has 0 saturated carbocycles. The number of hydrogen-bond donors (Lipinski definition) is 2. The molecule has 1 amide bonds. The van der Waals surface area contributed by atoms with Gasteiger partial charge in [0.25, 0.3) is 10.0 Å². The summed E-state index contributed by atoms with van der Waals surface area (Å²) in [6.07, 6.45) is 0. The molecule has 0 fully saturated rings. The van der Waals surface area contributed by atoms with Gasteiger partial charge in [-0.3, -0.25) is 9.52 Å². The molecule has 0 aromatic heterocycles. The topological polar surface area (TPSA) is 84.5 Å². The molecule has 2 aromatic rings. The summed E-state index contributed by atoms with van der Waals surface area (Å²) in [4.78, 5) is 11.6. The first-order chi connectivity index (χ1) is 11.3. The zero-order chi connectivity index (χ0) is 17.7. The highest BCUT2D eigenvalue weighted by atomic mass is 35.5. The molecular formula is C16H17ClN2O4S. The average molecular weight is 369 g/mol. The first-order valence-electron chi connectivity index (χ1n) is 6.99. The Bertz CT molecular complexity index is 836. The van der Waals surface area contributed by atoms with Gasteiger partial charge < -0.3 is 10.1 Å². The third kappa shape index (κ3) is 4.70. The van der Waals surface area contributed by atoms with Gasteiger partial charge in [-0.05, 0) is 48.9 Å². The van der Waals surface area contributed by atoms with Gasteiger partial charge in [-0.25, -0.2) is 8.42 Å². The van der Waals surface area contributed by atoms with Crippen LogP contribution in [0.4, 0.5) is 11.4 Å². The molecule has 0 aliphatic heterocycles. The first kappa shape index (κ1) is 18.3. The Morgan fingerprint density at radius 2 is 1.75 bits per heavy atom. The van der Waals surface area contributed by atoms with E-state index < -0.39 is 10.0 Å². The van der Waals surface area contributed by atoms with E-state index in [4.69, 9.17) is 16.3 Å². The number of amides is 1. The van der Waals surface area contributed by atoms with Crippen LogP contribution in [-0.4, -0.2) is 28.0 Å². The number of methoxy groups -OCH3 is 1. The van der Waals surface area contributed by atoms with Gasteiger partial charge in [0.15, 0.2) is 0 Å². The van der Waals surface area contributed by atoms with E-state index in [2.05, 4.69) is 10.0 Å². The van der Waals surface area contributed by atoms with Crippen molar-refractivity contribution in [2.45, 2.75) is 11.8 Å². The van der Waals surface area contributed by atoms with Crippen molar-refractivity contribution in [1.29, 1.82) is 0 Å². The molecule has 0 heterocycles. The van der Waals surface area contributed by atoms with Gasteiger partial charge >= 0.3 is 0 Å². The fourth-order valence-corrected chi connectivity index (χ4v) is 3.48. The minimum atomic E-state index is -3.80. The van der Waals surface area contributed by atoms with Crippen molar-refractivity contribution in [2.75, 3.05) is 23.8 Å². The van der Waals surface area contributed by atoms with Gasteiger partial charge in [-0.2, -0.15) is 0 Å². The van der Waals surface area contributed by atoms with Crippen LogP contribution in [0.1, 0.15) is 5.56 Å². The Morgan fingerprint density at radius 1 is 1.12 bits per heavy atom. The molecule has 0 atom stereocenters. The number of hydrogen-bond acceptors (Lipinski definition) is 4. The zero-order valence-corrected chi connectivity index (χ0v) is 14.7. The standard InChI is InChI=1S/C16H17ClN2O4S/c1-11-3-6-14(18-16(20)10-23-2)9-15(11)24(21,22)19-13-7-4-12(17)5-8-13/h3-9,19H,10H2,1-2H3,(H,18,20). The van der Waals surface area contributed by atoms with E-state index in [1.807, 2.05) is 0 Å². The number of rotatable bonds is 6. The average Bonchev–Trinajstić information content (AvgIpc) is 2.51. The van der Waals surface area contributed by atoms with Crippen LogP contribution in [0.3, 0.4) is 0 Å². The van der Waals surface area contributed by atoms with Crippen molar-refractivity contribution >= 4 is 38.9 Å². The predicted molar refractivity (Wildman–Crippen MR) is 93.9 cm³/mol. The number of carbonyl (C=O) groups is 1. The van der Waals surface area contributed by atoms with Gasteiger partial charge in [0.2, 0.25) is 5.91 Å². The van der Waals surface area contributed by atoms with Gasteiger partial charge in [-0.15, -0.1) is 0 Å². The Morgan fingerprint density at radius 3 is 2.38 bits per heavy atom. The lowest BCUT2D eigenvalue weighted by Gasteiger charge is -2.12. The Balaban J connectivity index is 2.28. The lowest BCUT2D eigenvalue weighted by atomic mass is 10.2. The summed E-state index contributed by atoms with van der Waals surface area (Å²) in [5, 5.41) is 3.09. The third-order valence-corrected chi connectivity index (χ3v) is 4.91. The molecule has 0 radical (unpaired) electrons. The number of sulfonamides is 1. The number of ether oxygens (including phenoxy) is 1. The molecule has 0 unspecified atom stereocenters. The molecule has 0 spiro atoms. The summed E-state index contributed by atoms with van der Waals surface area (Å²) >= 11 is 5.79. The number of benzene rings is 2. The number of nitrogens with one attached hydrogen (secondary N) is 2. The first-order valence-corrected chi connectivity index (χ1v) is 8.86. The maximum Gasteiger partial charge on any atom is 0.262 e. The summed E-state index contributed by atoms with van der Waals surface area (Å²) in [6.45, 7) is 1.57. The summed E-state index contributed by atoms with van der Waals surface area (Å²) in [5.74, 6) is -0.365. The van der Waals surface area contributed by atoms with E-state index in [1.165, 1.54) is 13.2 Å². The molecule has 6 nitrogen and oxygen atoms in total. The molecule has 24 heavy (non-hydrogen) atoms. The van der Waals surface area contributed by atoms with Gasteiger partial charge in [0.1, 0.15) is 6.61 Å². The quantitative estimate of drug-likeness (QED) is 0.820. The molecule has 128 valence electrons. The lowest BCUT2D eigenvalue weighted by molar-refractivity contribution is -0.119. The Kier molecular flexibility index (Phi) is 5.82. The van der Waals surface area contributed by atoms with Crippen LogP contribution >= 0.6 is 11.6 Å². The lowest BCUT2D eigenvalue weighted by Crippen LogP contribution is -2.18. The second-order valence-electron chi connectivity index (χ2n) is 5.07. The summed E-state index contributed by atoms with van der Waals surface area (Å²) in [7, 11) is -2.40. The molecule has 0 bridgehead atoms. The number of anilines is 2. The number of aryl methyl sites for hydroxylation is 1. The highest BCUT2D eigenvalue weighted by molar-refractivity contribution is 7.92. The highest BCUT2D eigenvalue weighted by Crippen LogP contribution is 2.23. The molecule has 0 aliphatic rings. The van der Waals surface area contributed by atoms with E-state index in [-0.39, 0.29) is 17.4 Å². The van der Waals surface area contributed by atoms with Crippen LogP contribution in [0.15, 0.2) is 47.4 Å². The smallest absolute Gasteiger partial charge is 0.262 e. The maximum atomic E-state index is 12.6. The van der Waals surface area contributed by atoms with E-state index in [9.17, 15) is 13.2 Å². The molecule has 2 rings (SSSR count). The molecular weight excluding hydrogens is 352 g/mol. The molecule has 2 N–H and O–H groups in total. The second-order valence-corrected chi connectivity index (χ2v) is 7.16. The Labute approximate surface area is 145 Å². The monoisotopic (exact) mass is 368 g/mol. The van der Waals surface area contributed by atoms with Crippen LogP contribution in [0, 0.1) is 6.92 Å². The minimum absolute atomic E-state index is 0.0765. The summed E-state index contributed by atoms with van der Waals surface area (Å²) < 4.78 is 32.4. The molecule has 0 saturated heterocycles. The van der Waals surface area contributed by atoms with E-state index >= 15 is 0 Å². The SMILES string of the molecule is COCC(=O)Nc1ccc(C)c(S(=O)(=O)Nc2ccc(Cl)cc2)c1. The maximum absolute atomic E-state index is 12.6. The van der Waals surface area contributed by atoms with Gasteiger partial charge in [-0.1, -0.05) is 17.7 Å². The minimum Gasteiger partial charge on any atom is -0.375 e. The molecule has 2 aromatic carbocycles. The van der Waals surface area contributed by atoms with Crippen molar-refractivity contribution in [3.63, 3.8) is 0 Å². The fourth-order valence-electron chi connectivity index (χ4n) is 2.02.